The molecule has 0 saturated heterocycles. The van der Waals surface area contributed by atoms with Gasteiger partial charge in [-0.1, -0.05) is 23.2 Å². The van der Waals surface area contributed by atoms with Gasteiger partial charge in [0.1, 0.15) is 11.1 Å². The first-order valence-corrected chi connectivity index (χ1v) is 8.98. The summed E-state index contributed by atoms with van der Waals surface area (Å²) in [6.07, 6.45) is 0. The lowest BCUT2D eigenvalue weighted by atomic mass is 10.0. The molecule has 8 nitrogen and oxygen atoms in total. The highest BCUT2D eigenvalue weighted by Gasteiger charge is 2.52. The first-order chi connectivity index (χ1) is 13.1. The Kier molecular flexibility index (Phi) is 5.84. The average molecular weight is 451 g/mol. The second kappa shape index (κ2) is 7.42. The molecule has 0 bridgehead atoms. The molecule has 29 heavy (non-hydrogen) atoms. The predicted molar refractivity (Wildman–Crippen MR) is 103 cm³/mol. The van der Waals surface area contributed by atoms with Gasteiger partial charge >= 0.3 is 17.7 Å². The summed E-state index contributed by atoms with van der Waals surface area (Å²) in [5.74, 6) is -10.4. The van der Waals surface area contributed by atoms with Crippen molar-refractivity contribution in [2.75, 3.05) is 10.6 Å². The Labute approximate surface area is 174 Å². The molecular formula is C17H18Cl2F2N4O4. The van der Waals surface area contributed by atoms with Crippen molar-refractivity contribution in [1.82, 2.24) is 10.6 Å². The Morgan fingerprint density at radius 1 is 0.690 bits per heavy atom. The van der Waals surface area contributed by atoms with Gasteiger partial charge in [-0.15, -0.1) is 0 Å². The van der Waals surface area contributed by atoms with Crippen LogP contribution in [-0.4, -0.2) is 40.6 Å². The summed E-state index contributed by atoms with van der Waals surface area (Å²) in [5, 5.41) is 8.57. The van der Waals surface area contributed by atoms with E-state index in [-0.39, 0.29) is 21.4 Å². The number of alkyl halides is 2. The fraction of sp³-hybridized carbons (Fsp3) is 0.412. The Morgan fingerprint density at radius 3 is 1.31 bits per heavy atom. The van der Waals surface area contributed by atoms with Crippen LogP contribution in [-0.2, 0) is 19.2 Å². The summed E-state index contributed by atoms with van der Waals surface area (Å²) < 4.78 is 28.5. The highest BCUT2D eigenvalue weighted by atomic mass is 35.5. The number of nitrogens with one attached hydrogen (secondary N) is 4. The molecule has 1 aliphatic heterocycles. The van der Waals surface area contributed by atoms with Gasteiger partial charge in [-0.25, -0.2) is 0 Å². The number of halogens is 4. The molecule has 12 heteroatoms. The first-order valence-electron chi connectivity index (χ1n) is 8.23. The third-order valence-corrected chi connectivity index (χ3v) is 4.84. The Morgan fingerprint density at radius 2 is 1.00 bits per heavy atom. The molecule has 4 amide bonds. The van der Waals surface area contributed by atoms with Crippen LogP contribution < -0.4 is 21.3 Å². The Balaban J connectivity index is 2.62. The van der Waals surface area contributed by atoms with Crippen LogP contribution >= 0.6 is 23.2 Å². The van der Waals surface area contributed by atoms with Crippen LogP contribution in [0, 0.1) is 0 Å². The van der Waals surface area contributed by atoms with Gasteiger partial charge in [-0.3, -0.25) is 19.2 Å². The van der Waals surface area contributed by atoms with E-state index >= 15 is 0 Å². The standard InChI is InChI=1S/C17H18Cl2F2N4O4/c1-15(2)11(26)22-9-5-7(18)8(19)6-10(9)23-12(27)16(3,4)25-14(29)17(20,21)13(28)24-15/h5-6H,1-4H3,(H,22,26)(H,23,27)(H,24,28)(H,25,29). The van der Waals surface area contributed by atoms with Gasteiger partial charge in [0.2, 0.25) is 11.8 Å². The van der Waals surface area contributed by atoms with E-state index < -0.39 is 40.6 Å². The summed E-state index contributed by atoms with van der Waals surface area (Å²) in [7, 11) is 0. The van der Waals surface area contributed by atoms with Crippen LogP contribution in [0.3, 0.4) is 0 Å². The van der Waals surface area contributed by atoms with Crippen LogP contribution in [0.15, 0.2) is 12.1 Å². The van der Waals surface area contributed by atoms with Gasteiger partial charge in [-0.2, -0.15) is 8.78 Å². The molecule has 2 rings (SSSR count). The summed E-state index contributed by atoms with van der Waals surface area (Å²) in [6, 6.07) is 2.49. The van der Waals surface area contributed by atoms with E-state index in [2.05, 4.69) is 10.6 Å². The molecule has 1 aromatic rings. The maximum atomic E-state index is 14.3. The quantitative estimate of drug-likeness (QED) is 0.453. The molecule has 0 fully saturated rings. The lowest BCUT2D eigenvalue weighted by Gasteiger charge is -2.28. The zero-order chi connectivity index (χ0) is 22.4. The lowest BCUT2D eigenvalue weighted by molar-refractivity contribution is -0.163. The third kappa shape index (κ3) is 4.59. The number of benzene rings is 1. The van der Waals surface area contributed by atoms with E-state index in [0.29, 0.717) is 0 Å². The van der Waals surface area contributed by atoms with Crippen LogP contribution in [0.2, 0.25) is 10.0 Å². The molecule has 158 valence electrons. The van der Waals surface area contributed by atoms with E-state index in [1.165, 1.54) is 12.1 Å². The summed E-state index contributed by atoms with van der Waals surface area (Å²) >= 11 is 11.9. The van der Waals surface area contributed by atoms with Crippen molar-refractivity contribution in [2.24, 2.45) is 0 Å². The molecule has 4 N–H and O–H groups in total. The third-order valence-electron chi connectivity index (χ3n) is 4.11. The van der Waals surface area contributed by atoms with E-state index in [4.69, 9.17) is 23.2 Å². The second-order valence-electron chi connectivity index (χ2n) is 7.45. The summed E-state index contributed by atoms with van der Waals surface area (Å²) in [4.78, 5) is 49.2. The van der Waals surface area contributed by atoms with Crippen LogP contribution in [0.1, 0.15) is 27.7 Å². The van der Waals surface area contributed by atoms with E-state index in [0.717, 1.165) is 27.7 Å². The van der Waals surface area contributed by atoms with Crippen molar-refractivity contribution in [3.8, 4) is 0 Å². The molecule has 0 aliphatic carbocycles. The second-order valence-corrected chi connectivity index (χ2v) is 8.27. The van der Waals surface area contributed by atoms with Crippen molar-refractivity contribution in [2.45, 2.75) is 44.7 Å². The van der Waals surface area contributed by atoms with E-state index in [9.17, 15) is 28.0 Å². The number of rotatable bonds is 0. The molecular weight excluding hydrogens is 433 g/mol. The maximum Gasteiger partial charge on any atom is 0.400 e. The molecule has 0 aromatic heterocycles. The largest absolute Gasteiger partial charge is 0.400 e. The average Bonchev–Trinajstić information content (AvgIpc) is 2.57. The minimum Gasteiger partial charge on any atom is -0.336 e. The normalized spacial score (nSPS) is 21.2. The zero-order valence-electron chi connectivity index (χ0n) is 15.8. The highest BCUT2D eigenvalue weighted by Crippen LogP contribution is 2.34. The predicted octanol–water partition coefficient (Wildman–Crippen LogP) is 2.31. The number of hydrogen-bond donors (Lipinski definition) is 4. The van der Waals surface area contributed by atoms with E-state index in [1.807, 2.05) is 10.6 Å². The molecule has 1 heterocycles. The molecule has 1 aromatic carbocycles. The Hall–Kier alpha value is -2.46. The molecule has 0 spiro atoms. The lowest BCUT2D eigenvalue weighted by Crippen LogP contribution is -2.63. The molecule has 0 unspecified atom stereocenters. The maximum absolute atomic E-state index is 14.3. The topological polar surface area (TPSA) is 116 Å². The zero-order valence-corrected chi connectivity index (χ0v) is 17.3. The minimum atomic E-state index is -4.54. The van der Waals surface area contributed by atoms with Crippen molar-refractivity contribution in [3.63, 3.8) is 0 Å². The number of fused-ring (bicyclic) bond motifs is 1. The number of anilines is 2. The number of carbonyl (C=O) groups excluding carboxylic acids is 4. The highest BCUT2D eigenvalue weighted by molar-refractivity contribution is 6.42. The Bertz CT molecular complexity index is 848. The molecule has 0 atom stereocenters. The fourth-order valence-corrected chi connectivity index (χ4v) is 2.58. The van der Waals surface area contributed by atoms with Gasteiger partial charge in [0.05, 0.1) is 21.4 Å². The van der Waals surface area contributed by atoms with Gasteiger partial charge in [0, 0.05) is 0 Å². The fourth-order valence-electron chi connectivity index (χ4n) is 2.25. The first kappa shape index (κ1) is 22.8. The molecule has 0 radical (unpaired) electrons. The molecule has 0 saturated carbocycles. The van der Waals surface area contributed by atoms with Crippen LogP contribution in [0.25, 0.3) is 0 Å². The van der Waals surface area contributed by atoms with Crippen LogP contribution in [0.5, 0.6) is 0 Å². The number of amides is 4. The number of hydrogen-bond acceptors (Lipinski definition) is 4. The van der Waals surface area contributed by atoms with Gasteiger partial charge in [0.25, 0.3) is 0 Å². The minimum absolute atomic E-state index is 0.00760. The van der Waals surface area contributed by atoms with Crippen molar-refractivity contribution < 1.29 is 28.0 Å². The van der Waals surface area contributed by atoms with Crippen molar-refractivity contribution in [3.05, 3.63) is 22.2 Å². The smallest absolute Gasteiger partial charge is 0.336 e. The van der Waals surface area contributed by atoms with Crippen LogP contribution in [0.4, 0.5) is 20.2 Å². The van der Waals surface area contributed by atoms with Crippen molar-refractivity contribution in [1.29, 1.82) is 0 Å². The SMILES string of the molecule is CC1(C)NC(=O)C(F)(F)C(=O)NC(C)(C)C(=O)Nc2cc(Cl)c(Cl)cc2NC1=O. The summed E-state index contributed by atoms with van der Waals surface area (Å²) in [6.45, 7) is 4.64. The van der Waals surface area contributed by atoms with Crippen molar-refractivity contribution >= 4 is 58.2 Å². The van der Waals surface area contributed by atoms with Gasteiger partial charge in [-0.05, 0) is 39.8 Å². The van der Waals surface area contributed by atoms with E-state index in [1.54, 1.807) is 0 Å². The van der Waals surface area contributed by atoms with Gasteiger partial charge < -0.3 is 21.3 Å². The molecule has 1 aliphatic rings. The number of carbonyl (C=O) groups is 4. The van der Waals surface area contributed by atoms with Gasteiger partial charge in [0.15, 0.2) is 0 Å². The monoisotopic (exact) mass is 450 g/mol. The summed E-state index contributed by atoms with van der Waals surface area (Å²) in [5.41, 5.74) is -3.68.